The average molecular weight is 297 g/mol. The van der Waals surface area contributed by atoms with Crippen LogP contribution in [-0.4, -0.2) is 49.3 Å². The first kappa shape index (κ1) is 15.5. The summed E-state index contributed by atoms with van der Waals surface area (Å²) in [5.41, 5.74) is 1.34. The zero-order valence-electron chi connectivity index (χ0n) is 12.4. The van der Waals surface area contributed by atoms with Crippen LogP contribution in [-0.2, 0) is 17.6 Å². The molecule has 0 radical (unpaired) electrons. The Morgan fingerprint density at radius 3 is 3.10 bits per heavy atom. The van der Waals surface area contributed by atoms with Crippen molar-refractivity contribution in [3.05, 3.63) is 21.4 Å². The van der Waals surface area contributed by atoms with Gasteiger partial charge in [-0.25, -0.2) is 0 Å². The van der Waals surface area contributed by atoms with Crippen LogP contribution in [0.2, 0.25) is 0 Å². The van der Waals surface area contributed by atoms with Gasteiger partial charge in [-0.2, -0.15) is 0 Å². The first-order valence-electron chi connectivity index (χ1n) is 7.05. The number of methoxy groups -OCH3 is 1. The highest BCUT2D eigenvalue weighted by Crippen LogP contribution is 2.32. The predicted octanol–water partition coefficient (Wildman–Crippen LogP) is 1.95. The Morgan fingerprint density at radius 1 is 1.65 bits per heavy atom. The summed E-state index contributed by atoms with van der Waals surface area (Å²) in [6.07, 6.45) is 2.74. The van der Waals surface area contributed by atoms with Crippen molar-refractivity contribution in [2.45, 2.75) is 32.3 Å². The molecule has 0 fully saturated rings. The van der Waals surface area contributed by atoms with E-state index in [-0.39, 0.29) is 12.5 Å². The molecule has 0 aromatic carbocycles. The molecule has 2 atom stereocenters. The third-order valence-electron chi connectivity index (χ3n) is 3.73. The van der Waals surface area contributed by atoms with Gasteiger partial charge in [0.25, 0.3) is 5.91 Å². The van der Waals surface area contributed by atoms with Crippen LogP contribution in [0.3, 0.4) is 0 Å². The van der Waals surface area contributed by atoms with Gasteiger partial charge in [0, 0.05) is 25.6 Å². The number of amides is 1. The summed E-state index contributed by atoms with van der Waals surface area (Å²) in [6.45, 7) is 2.80. The SMILES string of the molecule is COC[C@@H](O)CN(C)C(=O)c1cc2c(s1)CC[C@@H](C)C2. The van der Waals surface area contributed by atoms with Crippen molar-refractivity contribution in [1.29, 1.82) is 0 Å². The maximum Gasteiger partial charge on any atom is 0.263 e. The standard InChI is InChI=1S/C15H23NO3S/c1-10-4-5-13-11(6-10)7-14(20-13)15(18)16(2)8-12(17)9-19-3/h7,10,12,17H,4-6,8-9H2,1-3H3/t10-,12+/m1/s1. The summed E-state index contributed by atoms with van der Waals surface area (Å²) in [7, 11) is 3.27. The van der Waals surface area contributed by atoms with E-state index in [0.717, 1.165) is 17.7 Å². The summed E-state index contributed by atoms with van der Waals surface area (Å²) < 4.78 is 4.88. The first-order valence-corrected chi connectivity index (χ1v) is 7.87. The van der Waals surface area contributed by atoms with Crippen molar-refractivity contribution in [2.75, 3.05) is 27.3 Å². The maximum atomic E-state index is 12.4. The molecule has 0 bridgehead atoms. The van der Waals surface area contributed by atoms with Crippen LogP contribution in [0, 0.1) is 5.92 Å². The molecular weight excluding hydrogens is 274 g/mol. The summed E-state index contributed by atoms with van der Waals surface area (Å²) in [5, 5.41) is 9.70. The Kier molecular flexibility index (Phi) is 5.18. The van der Waals surface area contributed by atoms with E-state index in [2.05, 4.69) is 6.92 Å². The number of likely N-dealkylation sites (N-methyl/N-ethyl adjacent to an activating group) is 1. The van der Waals surface area contributed by atoms with Crippen LogP contribution in [0.25, 0.3) is 0 Å². The largest absolute Gasteiger partial charge is 0.389 e. The van der Waals surface area contributed by atoms with Crippen molar-refractivity contribution in [1.82, 2.24) is 4.90 Å². The topological polar surface area (TPSA) is 49.8 Å². The quantitative estimate of drug-likeness (QED) is 0.904. The number of ether oxygens (including phenoxy) is 1. The second-order valence-corrected chi connectivity index (χ2v) is 6.84. The van der Waals surface area contributed by atoms with E-state index in [0.29, 0.717) is 12.5 Å². The molecule has 1 aliphatic carbocycles. The molecule has 1 aromatic heterocycles. The first-order chi connectivity index (χ1) is 9.51. The number of hydrogen-bond acceptors (Lipinski definition) is 4. The average Bonchev–Trinajstić information content (AvgIpc) is 2.80. The number of carbonyl (C=O) groups is 1. The van der Waals surface area contributed by atoms with Crippen molar-refractivity contribution in [3.63, 3.8) is 0 Å². The lowest BCUT2D eigenvalue weighted by atomic mass is 9.90. The van der Waals surface area contributed by atoms with Gasteiger partial charge in [-0.1, -0.05) is 6.92 Å². The lowest BCUT2D eigenvalue weighted by Gasteiger charge is -2.19. The molecule has 0 aliphatic heterocycles. The fourth-order valence-corrected chi connectivity index (χ4v) is 3.85. The Bertz CT molecular complexity index is 472. The summed E-state index contributed by atoms with van der Waals surface area (Å²) in [4.78, 5) is 16.1. The van der Waals surface area contributed by atoms with E-state index in [4.69, 9.17) is 4.74 Å². The number of aliphatic hydroxyl groups is 1. The fourth-order valence-electron chi connectivity index (χ4n) is 2.64. The highest BCUT2D eigenvalue weighted by atomic mass is 32.1. The van der Waals surface area contributed by atoms with Crippen LogP contribution in [0.4, 0.5) is 0 Å². The molecule has 1 amide bonds. The molecule has 1 N–H and O–H groups in total. The van der Waals surface area contributed by atoms with E-state index < -0.39 is 6.10 Å². The number of nitrogens with zero attached hydrogens (tertiary/aromatic N) is 1. The summed E-state index contributed by atoms with van der Waals surface area (Å²) in [6, 6.07) is 2.04. The number of hydrogen-bond donors (Lipinski definition) is 1. The van der Waals surface area contributed by atoms with Gasteiger partial charge in [-0.3, -0.25) is 4.79 Å². The number of aliphatic hydroxyl groups excluding tert-OH is 1. The highest BCUT2D eigenvalue weighted by Gasteiger charge is 2.23. The number of fused-ring (bicyclic) bond motifs is 1. The molecule has 2 rings (SSSR count). The smallest absolute Gasteiger partial charge is 0.263 e. The normalized spacial score (nSPS) is 19.5. The molecule has 1 aliphatic rings. The van der Waals surface area contributed by atoms with Crippen LogP contribution in [0.1, 0.15) is 33.5 Å². The van der Waals surface area contributed by atoms with Gasteiger partial charge in [0.2, 0.25) is 0 Å². The van der Waals surface area contributed by atoms with Crippen LogP contribution >= 0.6 is 11.3 Å². The van der Waals surface area contributed by atoms with Gasteiger partial charge < -0.3 is 14.7 Å². The molecule has 0 saturated heterocycles. The molecule has 4 nitrogen and oxygen atoms in total. The van der Waals surface area contributed by atoms with Crippen molar-refractivity contribution < 1.29 is 14.6 Å². The molecule has 112 valence electrons. The summed E-state index contributed by atoms with van der Waals surface area (Å²) in [5.74, 6) is 0.702. The molecule has 5 heteroatoms. The highest BCUT2D eigenvalue weighted by molar-refractivity contribution is 7.14. The lowest BCUT2D eigenvalue weighted by molar-refractivity contribution is 0.0382. The van der Waals surface area contributed by atoms with Crippen LogP contribution < -0.4 is 0 Å². The van der Waals surface area contributed by atoms with E-state index in [1.165, 1.54) is 16.9 Å². The Morgan fingerprint density at radius 2 is 2.40 bits per heavy atom. The van der Waals surface area contributed by atoms with E-state index >= 15 is 0 Å². The molecule has 0 spiro atoms. The lowest BCUT2D eigenvalue weighted by Crippen LogP contribution is -2.35. The van der Waals surface area contributed by atoms with Gasteiger partial charge in [-0.15, -0.1) is 11.3 Å². The molecule has 20 heavy (non-hydrogen) atoms. The minimum absolute atomic E-state index is 0.00722. The van der Waals surface area contributed by atoms with Gasteiger partial charge in [0.05, 0.1) is 17.6 Å². The fraction of sp³-hybridized carbons (Fsp3) is 0.667. The van der Waals surface area contributed by atoms with Crippen molar-refractivity contribution in [2.24, 2.45) is 5.92 Å². The zero-order valence-corrected chi connectivity index (χ0v) is 13.2. The third kappa shape index (κ3) is 3.59. The molecule has 0 saturated carbocycles. The van der Waals surface area contributed by atoms with Gasteiger partial charge in [0.1, 0.15) is 0 Å². The van der Waals surface area contributed by atoms with E-state index in [1.807, 2.05) is 6.07 Å². The molecule has 1 heterocycles. The Labute approximate surface area is 124 Å². The predicted molar refractivity (Wildman–Crippen MR) is 80.4 cm³/mol. The van der Waals surface area contributed by atoms with Crippen molar-refractivity contribution >= 4 is 17.2 Å². The van der Waals surface area contributed by atoms with Gasteiger partial charge >= 0.3 is 0 Å². The number of thiophene rings is 1. The zero-order chi connectivity index (χ0) is 14.7. The van der Waals surface area contributed by atoms with Gasteiger partial charge in [-0.05, 0) is 36.8 Å². The second-order valence-electron chi connectivity index (χ2n) is 5.70. The van der Waals surface area contributed by atoms with E-state index in [9.17, 15) is 9.90 Å². The van der Waals surface area contributed by atoms with Crippen LogP contribution in [0.15, 0.2) is 6.07 Å². The Balaban J connectivity index is 2.02. The minimum atomic E-state index is -0.636. The Hall–Kier alpha value is -0.910. The molecule has 1 aromatic rings. The number of aryl methyl sites for hydroxylation is 1. The molecule has 0 unspecified atom stereocenters. The maximum absolute atomic E-state index is 12.4. The number of rotatable bonds is 5. The minimum Gasteiger partial charge on any atom is -0.389 e. The van der Waals surface area contributed by atoms with Crippen LogP contribution in [0.5, 0.6) is 0 Å². The van der Waals surface area contributed by atoms with E-state index in [1.54, 1.807) is 30.4 Å². The monoisotopic (exact) mass is 297 g/mol. The third-order valence-corrected chi connectivity index (χ3v) is 4.96. The molecular formula is C15H23NO3S. The van der Waals surface area contributed by atoms with Crippen molar-refractivity contribution in [3.8, 4) is 0 Å². The van der Waals surface area contributed by atoms with Gasteiger partial charge in [0.15, 0.2) is 0 Å². The number of carbonyl (C=O) groups excluding carboxylic acids is 1. The second kappa shape index (κ2) is 6.70. The summed E-state index contributed by atoms with van der Waals surface area (Å²) >= 11 is 1.61.